The highest BCUT2D eigenvalue weighted by Crippen LogP contribution is 2.28. The van der Waals surface area contributed by atoms with Crippen LogP contribution in [-0.4, -0.2) is 25.2 Å². The number of hydrogen-bond donors (Lipinski definition) is 2. The van der Waals surface area contributed by atoms with Gasteiger partial charge in [-0.1, -0.05) is 6.07 Å². The van der Waals surface area contributed by atoms with Crippen LogP contribution < -0.4 is 10.5 Å². The molecule has 3 aromatic rings. The Bertz CT molecular complexity index is 868. The first kappa shape index (κ1) is 15.0. The predicted molar refractivity (Wildman–Crippen MR) is 89.9 cm³/mol. The number of nitrogen functional groups attached to an aromatic ring is 1. The van der Waals surface area contributed by atoms with Crippen molar-refractivity contribution in [3.05, 3.63) is 59.3 Å². The van der Waals surface area contributed by atoms with Gasteiger partial charge in [-0.05, 0) is 41.5 Å². The van der Waals surface area contributed by atoms with Crippen LogP contribution in [0.5, 0.6) is 5.75 Å². The zero-order valence-electron chi connectivity index (χ0n) is 13.1. The average Bonchev–Trinajstić information content (AvgIpc) is 2.96. The Balaban J connectivity index is 1.98. The van der Waals surface area contributed by atoms with Gasteiger partial charge in [0.1, 0.15) is 5.75 Å². The third kappa shape index (κ3) is 2.85. The lowest BCUT2D eigenvalue weighted by molar-refractivity contribution is 0.0600. The van der Waals surface area contributed by atoms with E-state index in [0.29, 0.717) is 17.7 Å². The fourth-order valence-corrected chi connectivity index (χ4v) is 2.68. The van der Waals surface area contributed by atoms with Crippen molar-refractivity contribution < 1.29 is 14.3 Å². The van der Waals surface area contributed by atoms with Gasteiger partial charge in [0.05, 0.1) is 19.8 Å². The van der Waals surface area contributed by atoms with Gasteiger partial charge in [0.25, 0.3) is 0 Å². The monoisotopic (exact) mass is 310 g/mol. The molecule has 23 heavy (non-hydrogen) atoms. The number of ether oxygens (including phenoxy) is 2. The van der Waals surface area contributed by atoms with Crippen molar-refractivity contribution in [2.24, 2.45) is 0 Å². The number of benzene rings is 2. The molecule has 0 saturated carbocycles. The first-order valence-electron chi connectivity index (χ1n) is 7.23. The van der Waals surface area contributed by atoms with Crippen LogP contribution in [0.15, 0.2) is 42.6 Å². The summed E-state index contributed by atoms with van der Waals surface area (Å²) < 4.78 is 10.2. The van der Waals surface area contributed by atoms with Gasteiger partial charge in [0, 0.05) is 29.2 Å². The van der Waals surface area contributed by atoms with Crippen molar-refractivity contribution in [1.29, 1.82) is 0 Å². The van der Waals surface area contributed by atoms with Crippen molar-refractivity contribution in [1.82, 2.24) is 4.98 Å². The van der Waals surface area contributed by atoms with Gasteiger partial charge >= 0.3 is 5.97 Å². The molecule has 5 heteroatoms. The lowest BCUT2D eigenvalue weighted by atomic mass is 10.0. The van der Waals surface area contributed by atoms with Crippen molar-refractivity contribution in [3.8, 4) is 5.75 Å². The van der Waals surface area contributed by atoms with Crippen LogP contribution >= 0.6 is 0 Å². The molecular weight excluding hydrogens is 292 g/mol. The van der Waals surface area contributed by atoms with Crippen LogP contribution in [0.3, 0.4) is 0 Å². The highest BCUT2D eigenvalue weighted by Gasteiger charge is 2.12. The first-order chi connectivity index (χ1) is 11.1. The second-order valence-electron chi connectivity index (χ2n) is 5.31. The molecule has 0 bridgehead atoms. The summed E-state index contributed by atoms with van der Waals surface area (Å²) in [4.78, 5) is 14.9. The molecule has 1 heterocycles. The Hall–Kier alpha value is -2.95. The van der Waals surface area contributed by atoms with Crippen LogP contribution in [0.1, 0.15) is 21.5 Å². The predicted octanol–water partition coefficient (Wildman–Crippen LogP) is 3.14. The maximum absolute atomic E-state index is 11.6. The molecule has 118 valence electrons. The van der Waals surface area contributed by atoms with E-state index in [1.807, 2.05) is 30.5 Å². The average molecular weight is 310 g/mol. The number of esters is 1. The summed E-state index contributed by atoms with van der Waals surface area (Å²) in [5, 5.41) is 1.09. The van der Waals surface area contributed by atoms with Crippen LogP contribution in [0.25, 0.3) is 10.9 Å². The van der Waals surface area contributed by atoms with Crippen LogP contribution in [-0.2, 0) is 11.2 Å². The molecule has 0 aliphatic heterocycles. The summed E-state index contributed by atoms with van der Waals surface area (Å²) in [6.07, 6.45) is 2.64. The molecule has 0 saturated heterocycles. The third-order valence-electron chi connectivity index (χ3n) is 3.88. The van der Waals surface area contributed by atoms with Crippen LogP contribution in [0.2, 0.25) is 0 Å². The van der Waals surface area contributed by atoms with Crippen molar-refractivity contribution in [2.45, 2.75) is 6.42 Å². The molecule has 3 rings (SSSR count). The maximum atomic E-state index is 11.6. The van der Waals surface area contributed by atoms with E-state index in [0.717, 1.165) is 27.7 Å². The number of aromatic nitrogens is 1. The van der Waals surface area contributed by atoms with E-state index in [1.54, 1.807) is 19.2 Å². The number of rotatable bonds is 4. The second kappa shape index (κ2) is 6.04. The Labute approximate surface area is 134 Å². The molecule has 0 amide bonds. The number of H-pyrrole nitrogens is 1. The fourth-order valence-electron chi connectivity index (χ4n) is 2.68. The second-order valence-corrected chi connectivity index (χ2v) is 5.31. The van der Waals surface area contributed by atoms with Gasteiger partial charge in [-0.3, -0.25) is 0 Å². The molecule has 2 aromatic carbocycles. The normalized spacial score (nSPS) is 10.7. The minimum atomic E-state index is -0.380. The number of carbonyl (C=O) groups excluding carboxylic acids is 1. The molecule has 0 unspecified atom stereocenters. The van der Waals surface area contributed by atoms with Gasteiger partial charge in [-0.15, -0.1) is 0 Å². The SMILES string of the molecule is COC(=O)c1ccc(Cc2c[nH]c3ccc(N)cc23)c(OC)c1. The van der Waals surface area contributed by atoms with Crippen LogP contribution in [0.4, 0.5) is 5.69 Å². The van der Waals surface area contributed by atoms with Gasteiger partial charge < -0.3 is 20.2 Å². The molecular formula is C18H18N2O3. The number of hydrogen-bond acceptors (Lipinski definition) is 4. The summed E-state index contributed by atoms with van der Waals surface area (Å²) in [7, 11) is 2.95. The van der Waals surface area contributed by atoms with E-state index in [2.05, 4.69) is 4.98 Å². The zero-order chi connectivity index (χ0) is 16.4. The number of nitrogens with one attached hydrogen (secondary N) is 1. The van der Waals surface area contributed by atoms with E-state index in [1.165, 1.54) is 7.11 Å². The van der Waals surface area contributed by atoms with Gasteiger partial charge in [0.15, 0.2) is 0 Å². The standard InChI is InChI=1S/C18H18N2O3/c1-22-17-8-12(18(21)23-2)4-3-11(17)7-13-10-20-16-6-5-14(19)9-15(13)16/h3-6,8-10,20H,7,19H2,1-2H3. The summed E-state index contributed by atoms with van der Waals surface area (Å²) in [5.74, 6) is 0.279. The number of aromatic amines is 1. The van der Waals surface area contributed by atoms with Gasteiger partial charge in [-0.2, -0.15) is 0 Å². The molecule has 0 aliphatic rings. The third-order valence-corrected chi connectivity index (χ3v) is 3.88. The Morgan fingerprint density at radius 2 is 1.96 bits per heavy atom. The van der Waals surface area contributed by atoms with Gasteiger partial charge in [-0.25, -0.2) is 4.79 Å². The molecule has 5 nitrogen and oxygen atoms in total. The highest BCUT2D eigenvalue weighted by molar-refractivity contribution is 5.90. The summed E-state index contributed by atoms with van der Waals surface area (Å²) in [6, 6.07) is 11.1. The molecule has 1 aromatic heterocycles. The summed E-state index contributed by atoms with van der Waals surface area (Å²) in [6.45, 7) is 0. The zero-order valence-corrected chi connectivity index (χ0v) is 13.1. The molecule has 0 radical (unpaired) electrons. The Morgan fingerprint density at radius 1 is 1.13 bits per heavy atom. The van der Waals surface area contributed by atoms with E-state index in [9.17, 15) is 4.79 Å². The largest absolute Gasteiger partial charge is 0.496 e. The highest BCUT2D eigenvalue weighted by atomic mass is 16.5. The van der Waals surface area contributed by atoms with Crippen molar-refractivity contribution in [2.75, 3.05) is 20.0 Å². The minimum Gasteiger partial charge on any atom is -0.496 e. The number of methoxy groups -OCH3 is 2. The van der Waals surface area contributed by atoms with E-state index in [4.69, 9.17) is 15.2 Å². The van der Waals surface area contributed by atoms with Gasteiger partial charge in [0.2, 0.25) is 0 Å². The topological polar surface area (TPSA) is 77.3 Å². The summed E-state index contributed by atoms with van der Waals surface area (Å²) in [5.41, 5.74) is 10.2. The summed E-state index contributed by atoms with van der Waals surface area (Å²) >= 11 is 0. The van der Waals surface area contributed by atoms with E-state index >= 15 is 0 Å². The molecule has 3 N–H and O–H groups in total. The number of anilines is 1. The first-order valence-corrected chi connectivity index (χ1v) is 7.23. The number of carbonyl (C=O) groups is 1. The molecule has 0 fully saturated rings. The minimum absolute atomic E-state index is 0.380. The van der Waals surface area contributed by atoms with Crippen molar-refractivity contribution >= 4 is 22.6 Å². The lowest BCUT2D eigenvalue weighted by Crippen LogP contribution is -2.03. The lowest BCUT2D eigenvalue weighted by Gasteiger charge is -2.10. The Morgan fingerprint density at radius 3 is 2.70 bits per heavy atom. The van der Waals surface area contributed by atoms with E-state index in [-0.39, 0.29) is 5.97 Å². The maximum Gasteiger partial charge on any atom is 0.337 e. The smallest absolute Gasteiger partial charge is 0.337 e. The number of nitrogens with two attached hydrogens (primary N) is 1. The quantitative estimate of drug-likeness (QED) is 0.573. The van der Waals surface area contributed by atoms with Crippen molar-refractivity contribution in [3.63, 3.8) is 0 Å². The van der Waals surface area contributed by atoms with E-state index < -0.39 is 0 Å². The Kier molecular flexibility index (Phi) is 3.93. The molecule has 0 atom stereocenters. The fraction of sp³-hybridized carbons (Fsp3) is 0.167. The van der Waals surface area contributed by atoms with Crippen LogP contribution in [0, 0.1) is 0 Å². The number of fused-ring (bicyclic) bond motifs is 1. The molecule has 0 aliphatic carbocycles. The molecule has 0 spiro atoms.